The molecule has 0 unspecified atom stereocenters. The van der Waals surface area contributed by atoms with Gasteiger partial charge in [0.2, 0.25) is 5.88 Å². The summed E-state index contributed by atoms with van der Waals surface area (Å²) in [4.78, 5) is 30.2. The molecule has 2 aliphatic rings. The first-order chi connectivity index (χ1) is 15.5. The number of ether oxygens (including phenoxy) is 1. The number of fused-ring (bicyclic) bond motifs is 1. The van der Waals surface area contributed by atoms with Gasteiger partial charge < -0.3 is 19.5 Å². The van der Waals surface area contributed by atoms with Gasteiger partial charge >= 0.3 is 0 Å². The third-order valence-corrected chi connectivity index (χ3v) is 6.83. The minimum absolute atomic E-state index is 0.149. The van der Waals surface area contributed by atoms with Crippen LogP contribution in [-0.4, -0.2) is 70.0 Å². The number of nitrogens with zero attached hydrogens (tertiary/aromatic N) is 6. The lowest BCUT2D eigenvalue weighted by molar-refractivity contribution is 0.311. The summed E-state index contributed by atoms with van der Waals surface area (Å²) in [6.07, 6.45) is 5.80. The smallest absolute Gasteiger partial charge is 0.262 e. The number of hydrogen-bond acceptors (Lipinski definition) is 7. The number of nitrogens with one attached hydrogen (secondary N) is 1. The Kier molecular flexibility index (Phi) is 5.58. The molecular formula is C23H31N7O2. The van der Waals surface area contributed by atoms with Crippen molar-refractivity contribution in [3.8, 4) is 17.3 Å². The Morgan fingerprint density at radius 2 is 1.78 bits per heavy atom. The van der Waals surface area contributed by atoms with Crippen molar-refractivity contribution in [1.29, 1.82) is 0 Å². The molecule has 0 atom stereocenters. The van der Waals surface area contributed by atoms with Gasteiger partial charge in [-0.3, -0.25) is 4.79 Å². The number of piperazine rings is 1. The van der Waals surface area contributed by atoms with Crippen LogP contribution in [0.5, 0.6) is 5.88 Å². The Balaban J connectivity index is 1.53. The molecule has 170 valence electrons. The SMILES string of the molecule is COc1nc(N2CCN(C)CC2)ccc1-c1nc2c(c(C3CCCCC3)nn2C)c(=O)[nH]1. The molecule has 5 rings (SSSR count). The second kappa shape index (κ2) is 8.54. The number of pyridine rings is 1. The van der Waals surface area contributed by atoms with Crippen molar-refractivity contribution in [3.05, 3.63) is 28.2 Å². The maximum atomic E-state index is 13.2. The Morgan fingerprint density at radius 3 is 2.50 bits per heavy atom. The summed E-state index contributed by atoms with van der Waals surface area (Å²) in [7, 11) is 5.59. The van der Waals surface area contributed by atoms with E-state index in [1.807, 2.05) is 19.2 Å². The van der Waals surface area contributed by atoms with Crippen molar-refractivity contribution in [2.75, 3.05) is 45.2 Å². The number of aromatic amines is 1. The van der Waals surface area contributed by atoms with Gasteiger partial charge in [-0.2, -0.15) is 10.1 Å². The molecule has 32 heavy (non-hydrogen) atoms. The Labute approximate surface area is 187 Å². The predicted octanol–water partition coefficient (Wildman–Crippen LogP) is 2.53. The lowest BCUT2D eigenvalue weighted by Crippen LogP contribution is -2.44. The third-order valence-electron chi connectivity index (χ3n) is 6.83. The number of likely N-dealkylation sites (N-methyl/N-ethyl adjacent to an activating group) is 1. The topological polar surface area (TPSA) is 92.2 Å². The fraction of sp³-hybridized carbons (Fsp3) is 0.565. The van der Waals surface area contributed by atoms with Crippen molar-refractivity contribution in [3.63, 3.8) is 0 Å². The average Bonchev–Trinajstić information content (AvgIpc) is 3.16. The standard InChI is InChI=1S/C23H31N7O2/c1-28-11-13-30(14-12-28)17-10-9-16(23(24-17)32-3)20-25-21-18(22(31)26-20)19(27-29(21)2)15-7-5-4-6-8-15/h9-10,15H,4-8,11-14H2,1-3H3,(H,25,26,31). The molecule has 1 aliphatic heterocycles. The summed E-state index contributed by atoms with van der Waals surface area (Å²) in [5.74, 6) is 2.12. The largest absolute Gasteiger partial charge is 0.480 e. The molecular weight excluding hydrogens is 406 g/mol. The average molecular weight is 438 g/mol. The van der Waals surface area contributed by atoms with E-state index in [1.54, 1.807) is 11.8 Å². The lowest BCUT2D eigenvalue weighted by Gasteiger charge is -2.33. The van der Waals surface area contributed by atoms with E-state index in [0.29, 0.717) is 34.2 Å². The zero-order chi connectivity index (χ0) is 22.2. The number of H-pyrrole nitrogens is 1. The molecule has 0 aromatic carbocycles. The zero-order valence-corrected chi connectivity index (χ0v) is 19.1. The molecule has 3 aromatic rings. The summed E-state index contributed by atoms with van der Waals surface area (Å²) >= 11 is 0. The molecule has 0 radical (unpaired) electrons. The fourth-order valence-electron chi connectivity index (χ4n) is 4.95. The number of rotatable bonds is 4. The lowest BCUT2D eigenvalue weighted by atomic mass is 9.86. The molecule has 3 aromatic heterocycles. The van der Waals surface area contributed by atoms with Gasteiger partial charge in [-0.25, -0.2) is 9.67 Å². The van der Waals surface area contributed by atoms with Crippen molar-refractivity contribution in [2.45, 2.75) is 38.0 Å². The van der Waals surface area contributed by atoms with E-state index in [0.717, 1.165) is 50.5 Å². The molecule has 1 saturated heterocycles. The molecule has 2 fully saturated rings. The second-order valence-electron chi connectivity index (χ2n) is 8.97. The highest BCUT2D eigenvalue weighted by Gasteiger charge is 2.25. The van der Waals surface area contributed by atoms with Crippen LogP contribution >= 0.6 is 0 Å². The normalized spacial score (nSPS) is 18.4. The highest BCUT2D eigenvalue weighted by Crippen LogP contribution is 2.35. The monoisotopic (exact) mass is 437 g/mol. The number of aryl methyl sites for hydroxylation is 1. The molecule has 0 amide bonds. The molecule has 0 spiro atoms. The summed E-state index contributed by atoms with van der Waals surface area (Å²) in [5, 5.41) is 5.32. The van der Waals surface area contributed by atoms with Gasteiger partial charge in [0.05, 0.1) is 18.4 Å². The van der Waals surface area contributed by atoms with Gasteiger partial charge in [0.15, 0.2) is 5.65 Å². The highest BCUT2D eigenvalue weighted by atomic mass is 16.5. The van der Waals surface area contributed by atoms with Crippen molar-refractivity contribution in [1.82, 2.24) is 29.6 Å². The van der Waals surface area contributed by atoms with Crippen LogP contribution in [0.2, 0.25) is 0 Å². The Bertz CT molecular complexity index is 1170. The van der Waals surface area contributed by atoms with Gasteiger partial charge in [-0.15, -0.1) is 0 Å². The number of methoxy groups -OCH3 is 1. The van der Waals surface area contributed by atoms with Crippen molar-refractivity contribution in [2.24, 2.45) is 7.05 Å². The summed E-state index contributed by atoms with van der Waals surface area (Å²) in [5.41, 5.74) is 2.01. The van der Waals surface area contributed by atoms with Crippen LogP contribution in [-0.2, 0) is 7.05 Å². The fourth-order valence-corrected chi connectivity index (χ4v) is 4.95. The van der Waals surface area contributed by atoms with E-state index < -0.39 is 0 Å². The highest BCUT2D eigenvalue weighted by molar-refractivity contribution is 5.80. The van der Waals surface area contributed by atoms with E-state index in [2.05, 4.69) is 21.8 Å². The zero-order valence-electron chi connectivity index (χ0n) is 19.1. The summed E-state index contributed by atoms with van der Waals surface area (Å²) in [6, 6.07) is 3.91. The van der Waals surface area contributed by atoms with Crippen molar-refractivity contribution >= 4 is 16.9 Å². The van der Waals surface area contributed by atoms with E-state index in [-0.39, 0.29) is 5.56 Å². The first-order valence-electron chi connectivity index (χ1n) is 11.5. The van der Waals surface area contributed by atoms with E-state index in [9.17, 15) is 4.79 Å². The molecule has 9 nitrogen and oxygen atoms in total. The first kappa shape index (κ1) is 20.9. The number of hydrogen-bond donors (Lipinski definition) is 1. The van der Waals surface area contributed by atoms with Crippen LogP contribution < -0.4 is 15.2 Å². The van der Waals surface area contributed by atoms with Crippen LogP contribution in [0, 0.1) is 0 Å². The molecule has 0 bridgehead atoms. The van der Waals surface area contributed by atoms with Gasteiger partial charge in [0, 0.05) is 39.1 Å². The predicted molar refractivity (Wildman–Crippen MR) is 124 cm³/mol. The van der Waals surface area contributed by atoms with Crippen LogP contribution in [0.3, 0.4) is 0 Å². The summed E-state index contributed by atoms with van der Waals surface area (Å²) in [6.45, 7) is 3.85. The molecule has 9 heteroatoms. The minimum Gasteiger partial charge on any atom is -0.480 e. The van der Waals surface area contributed by atoms with Gasteiger partial charge in [0.1, 0.15) is 17.0 Å². The quantitative estimate of drug-likeness (QED) is 0.670. The minimum atomic E-state index is -0.149. The number of aromatic nitrogens is 5. The number of anilines is 1. The van der Waals surface area contributed by atoms with Crippen LogP contribution in [0.15, 0.2) is 16.9 Å². The van der Waals surface area contributed by atoms with E-state index in [4.69, 9.17) is 19.8 Å². The maximum absolute atomic E-state index is 13.2. The molecule has 1 aliphatic carbocycles. The third kappa shape index (κ3) is 3.74. The van der Waals surface area contributed by atoms with Gasteiger partial charge in [0.25, 0.3) is 5.56 Å². The Hall–Kier alpha value is -2.94. The van der Waals surface area contributed by atoms with Crippen molar-refractivity contribution < 1.29 is 4.74 Å². The molecule has 1 saturated carbocycles. The maximum Gasteiger partial charge on any atom is 0.262 e. The second-order valence-corrected chi connectivity index (χ2v) is 8.97. The van der Waals surface area contributed by atoms with E-state index in [1.165, 1.54) is 19.3 Å². The Morgan fingerprint density at radius 1 is 1.03 bits per heavy atom. The van der Waals surface area contributed by atoms with Crippen LogP contribution in [0.25, 0.3) is 22.4 Å². The van der Waals surface area contributed by atoms with Crippen LogP contribution in [0.1, 0.15) is 43.7 Å². The molecule has 1 N–H and O–H groups in total. The first-order valence-corrected chi connectivity index (χ1v) is 11.5. The van der Waals surface area contributed by atoms with Gasteiger partial charge in [-0.1, -0.05) is 19.3 Å². The van der Waals surface area contributed by atoms with E-state index >= 15 is 0 Å². The molecule has 4 heterocycles. The van der Waals surface area contributed by atoms with Crippen LogP contribution in [0.4, 0.5) is 5.82 Å². The van der Waals surface area contributed by atoms with Gasteiger partial charge in [-0.05, 0) is 32.0 Å². The summed E-state index contributed by atoms with van der Waals surface area (Å²) < 4.78 is 7.33.